The van der Waals surface area contributed by atoms with Crippen molar-refractivity contribution in [3.8, 4) is 22.8 Å². The lowest BCUT2D eigenvalue weighted by atomic mass is 9.95. The molecule has 0 radical (unpaired) electrons. The van der Waals surface area contributed by atoms with Gasteiger partial charge in [-0.25, -0.2) is 9.37 Å². The molecule has 0 N–H and O–H groups in total. The van der Waals surface area contributed by atoms with Gasteiger partial charge in [-0.3, -0.25) is 9.48 Å². The van der Waals surface area contributed by atoms with Crippen molar-refractivity contribution in [1.82, 2.24) is 19.7 Å². The summed E-state index contributed by atoms with van der Waals surface area (Å²) in [5, 5.41) is 4.84. The largest absolute Gasteiger partial charge is 0.497 e. The standard InChI is InChI=1S/C22H22ClFN4O3/c1-12-19-16(21(27(2)26-19)13-9-14(24)11-15(10-13)30-3)6-8-28(12)22(29)20-18(23)17(31-4)5-7-25-20/h5,7,9-12H,6,8H2,1-4H3/t12-/m0/s1. The van der Waals surface area contributed by atoms with Crippen molar-refractivity contribution in [3.05, 3.63) is 58.3 Å². The zero-order valence-electron chi connectivity index (χ0n) is 17.6. The van der Waals surface area contributed by atoms with Crippen molar-refractivity contribution < 1.29 is 18.7 Å². The molecule has 4 rings (SSSR count). The van der Waals surface area contributed by atoms with E-state index in [1.165, 1.54) is 32.5 Å². The van der Waals surface area contributed by atoms with Crippen molar-refractivity contribution in [3.63, 3.8) is 0 Å². The smallest absolute Gasteiger partial charge is 0.274 e. The Balaban J connectivity index is 1.72. The molecule has 0 spiro atoms. The molecule has 7 nitrogen and oxygen atoms in total. The van der Waals surface area contributed by atoms with Gasteiger partial charge in [-0.1, -0.05) is 11.6 Å². The first-order valence-corrected chi connectivity index (χ1v) is 10.1. The number of hydrogen-bond acceptors (Lipinski definition) is 5. The molecule has 0 fully saturated rings. The third kappa shape index (κ3) is 3.61. The fourth-order valence-electron chi connectivity index (χ4n) is 4.07. The van der Waals surface area contributed by atoms with E-state index < -0.39 is 0 Å². The number of aromatic nitrogens is 3. The van der Waals surface area contributed by atoms with E-state index >= 15 is 0 Å². The van der Waals surface area contributed by atoms with Crippen molar-refractivity contribution in [1.29, 1.82) is 0 Å². The Morgan fingerprint density at radius 1 is 1.26 bits per heavy atom. The summed E-state index contributed by atoms with van der Waals surface area (Å²) in [6, 6.07) is 5.87. The van der Waals surface area contributed by atoms with Gasteiger partial charge < -0.3 is 14.4 Å². The van der Waals surface area contributed by atoms with Gasteiger partial charge in [0.05, 0.1) is 31.6 Å². The number of benzene rings is 1. The van der Waals surface area contributed by atoms with Gasteiger partial charge >= 0.3 is 0 Å². The summed E-state index contributed by atoms with van der Waals surface area (Å²) in [6.07, 6.45) is 2.06. The lowest BCUT2D eigenvalue weighted by Crippen LogP contribution is -2.39. The first-order chi connectivity index (χ1) is 14.8. The molecule has 0 aliphatic carbocycles. The monoisotopic (exact) mass is 444 g/mol. The quantitative estimate of drug-likeness (QED) is 0.607. The summed E-state index contributed by atoms with van der Waals surface area (Å²) in [7, 11) is 4.80. The average Bonchev–Trinajstić information content (AvgIpc) is 3.10. The molecule has 1 amide bonds. The average molecular weight is 445 g/mol. The summed E-state index contributed by atoms with van der Waals surface area (Å²) >= 11 is 6.32. The summed E-state index contributed by atoms with van der Waals surface area (Å²) in [4.78, 5) is 19.1. The number of methoxy groups -OCH3 is 2. The minimum Gasteiger partial charge on any atom is -0.497 e. The molecule has 9 heteroatoms. The van der Waals surface area contributed by atoms with E-state index in [0.717, 1.165) is 17.0 Å². The van der Waals surface area contributed by atoms with Crippen LogP contribution in [0.2, 0.25) is 5.02 Å². The summed E-state index contributed by atoms with van der Waals surface area (Å²) in [5.74, 6) is 0.153. The molecule has 0 saturated carbocycles. The molecule has 1 aliphatic rings. The van der Waals surface area contributed by atoms with Gasteiger partial charge in [-0.15, -0.1) is 0 Å². The van der Waals surface area contributed by atoms with Gasteiger partial charge in [0.15, 0.2) is 5.69 Å². The topological polar surface area (TPSA) is 69.5 Å². The highest BCUT2D eigenvalue weighted by molar-refractivity contribution is 6.34. The van der Waals surface area contributed by atoms with Gasteiger partial charge in [0.25, 0.3) is 5.91 Å². The molecular weight excluding hydrogens is 423 g/mol. The van der Waals surface area contributed by atoms with E-state index in [9.17, 15) is 9.18 Å². The van der Waals surface area contributed by atoms with Crippen LogP contribution in [-0.2, 0) is 13.5 Å². The second-order valence-corrected chi connectivity index (χ2v) is 7.69. The fourth-order valence-corrected chi connectivity index (χ4v) is 4.34. The summed E-state index contributed by atoms with van der Waals surface area (Å²) < 4.78 is 26.3. The van der Waals surface area contributed by atoms with E-state index in [0.29, 0.717) is 30.0 Å². The van der Waals surface area contributed by atoms with E-state index in [2.05, 4.69) is 10.1 Å². The highest BCUT2D eigenvalue weighted by Crippen LogP contribution is 2.38. The van der Waals surface area contributed by atoms with Crippen molar-refractivity contribution in [2.75, 3.05) is 20.8 Å². The van der Waals surface area contributed by atoms with Crippen molar-refractivity contribution in [2.24, 2.45) is 7.05 Å². The van der Waals surface area contributed by atoms with Gasteiger partial charge in [0.1, 0.15) is 22.3 Å². The van der Waals surface area contributed by atoms with Crippen LogP contribution in [-0.4, -0.2) is 46.3 Å². The predicted molar refractivity (Wildman–Crippen MR) is 114 cm³/mol. The predicted octanol–water partition coefficient (Wildman–Crippen LogP) is 4.05. The Morgan fingerprint density at radius 3 is 2.74 bits per heavy atom. The van der Waals surface area contributed by atoms with Crippen LogP contribution in [0.3, 0.4) is 0 Å². The minimum atomic E-state index is -0.385. The van der Waals surface area contributed by atoms with Crippen LogP contribution in [0.4, 0.5) is 4.39 Å². The molecular formula is C22H22ClFN4O3. The maximum absolute atomic E-state index is 14.1. The fraction of sp³-hybridized carbons (Fsp3) is 0.318. The molecule has 1 aliphatic heterocycles. The van der Waals surface area contributed by atoms with Gasteiger partial charge in [0.2, 0.25) is 0 Å². The molecule has 3 aromatic rings. The third-order valence-corrected chi connectivity index (χ3v) is 5.93. The number of ether oxygens (including phenoxy) is 2. The number of rotatable bonds is 4. The number of carbonyl (C=O) groups excluding carboxylic acids is 1. The third-order valence-electron chi connectivity index (χ3n) is 5.56. The summed E-state index contributed by atoms with van der Waals surface area (Å²) in [5.41, 5.74) is 3.37. The number of amides is 1. The Labute approximate surface area is 184 Å². The van der Waals surface area contributed by atoms with Crippen molar-refractivity contribution >= 4 is 17.5 Å². The van der Waals surface area contributed by atoms with Crippen LogP contribution in [0.5, 0.6) is 11.5 Å². The van der Waals surface area contributed by atoms with Gasteiger partial charge in [0, 0.05) is 43.0 Å². The number of pyridine rings is 1. The second-order valence-electron chi connectivity index (χ2n) is 7.32. The van der Waals surface area contributed by atoms with Gasteiger partial charge in [-0.2, -0.15) is 5.10 Å². The maximum atomic E-state index is 14.1. The van der Waals surface area contributed by atoms with Gasteiger partial charge in [-0.05, 0) is 25.5 Å². The molecule has 162 valence electrons. The van der Waals surface area contributed by atoms with E-state index in [4.69, 9.17) is 21.1 Å². The number of aryl methyl sites for hydroxylation is 1. The zero-order chi connectivity index (χ0) is 22.3. The van der Waals surface area contributed by atoms with E-state index in [-0.39, 0.29) is 28.5 Å². The van der Waals surface area contributed by atoms with Crippen LogP contribution in [0, 0.1) is 5.82 Å². The summed E-state index contributed by atoms with van der Waals surface area (Å²) in [6.45, 7) is 2.36. The SMILES string of the molecule is COc1cc(F)cc(-c2c3c(nn2C)[C@H](C)N(C(=O)c2nccc(OC)c2Cl)CC3)c1. The number of hydrogen-bond donors (Lipinski definition) is 0. The normalized spacial score (nSPS) is 15.5. The molecule has 1 atom stereocenters. The van der Waals surface area contributed by atoms with E-state index in [1.807, 2.05) is 14.0 Å². The Bertz CT molecular complexity index is 1160. The van der Waals surface area contributed by atoms with Crippen LogP contribution >= 0.6 is 11.6 Å². The Morgan fingerprint density at radius 2 is 2.03 bits per heavy atom. The number of fused-ring (bicyclic) bond motifs is 1. The minimum absolute atomic E-state index is 0.141. The lowest BCUT2D eigenvalue weighted by Gasteiger charge is -2.33. The number of halogens is 2. The van der Waals surface area contributed by atoms with Crippen LogP contribution < -0.4 is 9.47 Å². The number of nitrogens with zero attached hydrogens (tertiary/aromatic N) is 4. The highest BCUT2D eigenvalue weighted by Gasteiger charge is 2.35. The number of carbonyl (C=O) groups is 1. The Kier molecular flexibility index (Phi) is 5.58. The maximum Gasteiger partial charge on any atom is 0.274 e. The Hall–Kier alpha value is -3.13. The molecule has 1 aromatic carbocycles. The van der Waals surface area contributed by atoms with Crippen LogP contribution in [0.1, 0.15) is 34.7 Å². The molecule has 0 bridgehead atoms. The molecule has 31 heavy (non-hydrogen) atoms. The second kappa shape index (κ2) is 8.19. The van der Waals surface area contributed by atoms with E-state index in [1.54, 1.807) is 21.7 Å². The van der Waals surface area contributed by atoms with Crippen LogP contribution in [0.25, 0.3) is 11.3 Å². The molecule has 3 heterocycles. The lowest BCUT2D eigenvalue weighted by molar-refractivity contribution is 0.0667. The first kappa shape index (κ1) is 21.1. The molecule has 2 aromatic heterocycles. The molecule has 0 saturated heterocycles. The van der Waals surface area contributed by atoms with Crippen LogP contribution in [0.15, 0.2) is 30.5 Å². The van der Waals surface area contributed by atoms with Crippen molar-refractivity contribution in [2.45, 2.75) is 19.4 Å². The molecule has 0 unspecified atom stereocenters. The first-order valence-electron chi connectivity index (χ1n) is 9.75. The zero-order valence-corrected chi connectivity index (χ0v) is 18.4. The highest BCUT2D eigenvalue weighted by atomic mass is 35.5.